The van der Waals surface area contributed by atoms with Gasteiger partial charge in [-0.15, -0.1) is 0 Å². The molecule has 25 heavy (non-hydrogen) atoms. The van der Waals surface area contributed by atoms with Gasteiger partial charge in [0, 0.05) is 10.0 Å². The first-order valence-corrected chi connectivity index (χ1v) is 8.41. The molecule has 3 rings (SSSR count). The SMILES string of the molecule is CCOc1ccc(-c2cc(C(=O)Nc3ccc(F)cc3Br)[nH]n2)cc1. The van der Waals surface area contributed by atoms with Crippen LogP contribution in [0.5, 0.6) is 5.75 Å². The number of amides is 1. The van der Waals surface area contributed by atoms with Gasteiger partial charge in [-0.25, -0.2) is 4.39 Å². The van der Waals surface area contributed by atoms with Crippen molar-refractivity contribution in [3.05, 3.63) is 64.5 Å². The minimum absolute atomic E-state index is 0.306. The molecule has 128 valence electrons. The lowest BCUT2D eigenvalue weighted by atomic mass is 10.1. The molecule has 0 saturated carbocycles. The van der Waals surface area contributed by atoms with Crippen LogP contribution in [0.4, 0.5) is 10.1 Å². The Bertz CT molecular complexity index is 894. The number of H-pyrrole nitrogens is 1. The number of ether oxygens (including phenoxy) is 1. The van der Waals surface area contributed by atoms with Crippen LogP contribution in [-0.2, 0) is 0 Å². The molecule has 0 aliphatic carbocycles. The van der Waals surface area contributed by atoms with Crippen molar-refractivity contribution < 1.29 is 13.9 Å². The van der Waals surface area contributed by atoms with Gasteiger partial charge in [0.25, 0.3) is 5.91 Å². The molecule has 0 aliphatic heterocycles. The van der Waals surface area contributed by atoms with Crippen LogP contribution < -0.4 is 10.1 Å². The van der Waals surface area contributed by atoms with E-state index in [1.807, 2.05) is 31.2 Å². The zero-order valence-corrected chi connectivity index (χ0v) is 14.9. The third-order valence-corrected chi connectivity index (χ3v) is 4.12. The third-order valence-electron chi connectivity index (χ3n) is 3.46. The van der Waals surface area contributed by atoms with Crippen LogP contribution >= 0.6 is 15.9 Å². The summed E-state index contributed by atoms with van der Waals surface area (Å²) in [5.74, 6) is 0.0297. The number of rotatable bonds is 5. The quantitative estimate of drug-likeness (QED) is 0.652. The summed E-state index contributed by atoms with van der Waals surface area (Å²) in [4.78, 5) is 12.3. The molecule has 0 radical (unpaired) electrons. The Morgan fingerprint density at radius 3 is 2.68 bits per heavy atom. The Hall–Kier alpha value is -2.67. The molecule has 0 saturated heterocycles. The topological polar surface area (TPSA) is 67.0 Å². The van der Waals surface area contributed by atoms with E-state index in [-0.39, 0.29) is 11.7 Å². The Morgan fingerprint density at radius 1 is 1.24 bits per heavy atom. The number of hydrogen-bond acceptors (Lipinski definition) is 3. The zero-order valence-electron chi connectivity index (χ0n) is 13.3. The fourth-order valence-electron chi connectivity index (χ4n) is 2.26. The standard InChI is InChI=1S/C18H15BrFN3O2/c1-2-25-13-6-3-11(4-7-13)16-10-17(23-22-16)18(24)21-15-8-5-12(20)9-14(15)19/h3-10H,2H2,1H3,(H,21,24)(H,22,23). The van der Waals surface area contributed by atoms with Crippen LogP contribution in [0.3, 0.4) is 0 Å². The van der Waals surface area contributed by atoms with Gasteiger partial charge in [0.1, 0.15) is 17.3 Å². The molecule has 2 N–H and O–H groups in total. The second-order valence-corrected chi connectivity index (χ2v) is 6.06. The number of aromatic nitrogens is 2. The minimum atomic E-state index is -0.385. The summed E-state index contributed by atoms with van der Waals surface area (Å²) >= 11 is 3.22. The highest BCUT2D eigenvalue weighted by Crippen LogP contribution is 2.25. The highest BCUT2D eigenvalue weighted by Gasteiger charge is 2.13. The van der Waals surface area contributed by atoms with Gasteiger partial charge >= 0.3 is 0 Å². The van der Waals surface area contributed by atoms with Gasteiger partial charge in [-0.3, -0.25) is 9.89 Å². The van der Waals surface area contributed by atoms with Crippen molar-refractivity contribution in [3.63, 3.8) is 0 Å². The molecule has 0 bridgehead atoms. The number of aromatic amines is 1. The number of nitrogens with zero attached hydrogens (tertiary/aromatic N) is 1. The van der Waals surface area contributed by atoms with Crippen molar-refractivity contribution in [1.82, 2.24) is 10.2 Å². The van der Waals surface area contributed by atoms with E-state index >= 15 is 0 Å². The molecule has 1 amide bonds. The summed E-state index contributed by atoms with van der Waals surface area (Å²) in [7, 11) is 0. The van der Waals surface area contributed by atoms with Crippen molar-refractivity contribution in [2.75, 3.05) is 11.9 Å². The maximum atomic E-state index is 13.1. The second-order valence-electron chi connectivity index (χ2n) is 5.20. The summed E-state index contributed by atoms with van der Waals surface area (Å²) in [5, 5.41) is 9.58. The van der Waals surface area contributed by atoms with Gasteiger partial charge in [-0.05, 0) is 71.4 Å². The largest absolute Gasteiger partial charge is 0.494 e. The molecule has 1 heterocycles. The Labute approximate surface area is 152 Å². The van der Waals surface area contributed by atoms with Crippen LogP contribution in [0.2, 0.25) is 0 Å². The van der Waals surface area contributed by atoms with E-state index in [0.29, 0.717) is 28.2 Å². The molecule has 0 atom stereocenters. The molecule has 3 aromatic rings. The maximum absolute atomic E-state index is 13.1. The predicted octanol–water partition coefficient (Wildman–Crippen LogP) is 4.63. The van der Waals surface area contributed by atoms with E-state index in [0.717, 1.165) is 11.3 Å². The molecule has 7 heteroatoms. The van der Waals surface area contributed by atoms with E-state index in [1.54, 1.807) is 6.07 Å². The number of anilines is 1. The van der Waals surface area contributed by atoms with Crippen molar-refractivity contribution in [2.45, 2.75) is 6.92 Å². The molecule has 0 spiro atoms. The van der Waals surface area contributed by atoms with Gasteiger partial charge in [0.05, 0.1) is 18.0 Å². The molecule has 5 nitrogen and oxygen atoms in total. The van der Waals surface area contributed by atoms with Gasteiger partial charge in [0.15, 0.2) is 0 Å². The number of hydrogen-bond donors (Lipinski definition) is 2. The lowest BCUT2D eigenvalue weighted by Gasteiger charge is -2.05. The van der Waals surface area contributed by atoms with E-state index in [4.69, 9.17) is 4.74 Å². The lowest BCUT2D eigenvalue weighted by Crippen LogP contribution is -2.12. The first-order chi connectivity index (χ1) is 12.1. The van der Waals surface area contributed by atoms with Crippen molar-refractivity contribution in [2.24, 2.45) is 0 Å². The van der Waals surface area contributed by atoms with Gasteiger partial charge in [-0.2, -0.15) is 5.10 Å². The Kier molecular flexibility index (Phi) is 5.14. The monoisotopic (exact) mass is 403 g/mol. The summed E-state index contributed by atoms with van der Waals surface area (Å²) in [6, 6.07) is 13.2. The van der Waals surface area contributed by atoms with E-state index in [2.05, 4.69) is 31.4 Å². The van der Waals surface area contributed by atoms with Crippen molar-refractivity contribution in [3.8, 4) is 17.0 Å². The first-order valence-electron chi connectivity index (χ1n) is 7.62. The molecule has 1 aromatic heterocycles. The maximum Gasteiger partial charge on any atom is 0.273 e. The fraction of sp³-hybridized carbons (Fsp3) is 0.111. The van der Waals surface area contributed by atoms with Crippen molar-refractivity contribution in [1.29, 1.82) is 0 Å². The van der Waals surface area contributed by atoms with E-state index in [9.17, 15) is 9.18 Å². The average molecular weight is 404 g/mol. The van der Waals surface area contributed by atoms with Crippen LogP contribution in [0, 0.1) is 5.82 Å². The van der Waals surface area contributed by atoms with Gasteiger partial charge < -0.3 is 10.1 Å². The molecule has 0 fully saturated rings. The summed E-state index contributed by atoms with van der Waals surface area (Å²) < 4.78 is 19.0. The van der Waals surface area contributed by atoms with Crippen molar-refractivity contribution >= 4 is 27.5 Å². The predicted molar refractivity (Wildman–Crippen MR) is 97.2 cm³/mol. The summed E-state index contributed by atoms with van der Waals surface area (Å²) in [6.45, 7) is 2.52. The molecule has 0 aliphatic rings. The number of nitrogens with one attached hydrogen (secondary N) is 2. The highest BCUT2D eigenvalue weighted by molar-refractivity contribution is 9.10. The number of halogens is 2. The van der Waals surface area contributed by atoms with Crippen LogP contribution in [0.15, 0.2) is 53.0 Å². The Balaban J connectivity index is 1.75. The number of carbonyl (C=O) groups is 1. The minimum Gasteiger partial charge on any atom is -0.494 e. The van der Waals surface area contributed by atoms with Gasteiger partial charge in [-0.1, -0.05) is 0 Å². The smallest absolute Gasteiger partial charge is 0.273 e. The summed E-state index contributed by atoms with van der Waals surface area (Å²) in [6.07, 6.45) is 0. The fourth-order valence-corrected chi connectivity index (χ4v) is 2.70. The number of carbonyl (C=O) groups excluding carboxylic acids is 1. The zero-order chi connectivity index (χ0) is 17.8. The molecule has 0 unspecified atom stereocenters. The normalized spacial score (nSPS) is 10.5. The Morgan fingerprint density at radius 2 is 2.00 bits per heavy atom. The average Bonchev–Trinajstić information content (AvgIpc) is 3.08. The third kappa shape index (κ3) is 4.06. The first kappa shape index (κ1) is 17.2. The van der Waals surface area contributed by atoms with Crippen LogP contribution in [-0.4, -0.2) is 22.7 Å². The second kappa shape index (κ2) is 7.48. The number of benzene rings is 2. The molecular formula is C18H15BrFN3O2. The molecular weight excluding hydrogens is 389 g/mol. The van der Waals surface area contributed by atoms with Crippen LogP contribution in [0.1, 0.15) is 17.4 Å². The van der Waals surface area contributed by atoms with Gasteiger partial charge in [0.2, 0.25) is 0 Å². The molecule has 2 aromatic carbocycles. The summed E-state index contributed by atoms with van der Waals surface area (Å²) in [5.41, 5.74) is 2.29. The van der Waals surface area contributed by atoms with Crippen LogP contribution in [0.25, 0.3) is 11.3 Å². The van der Waals surface area contributed by atoms with E-state index in [1.165, 1.54) is 18.2 Å². The highest BCUT2D eigenvalue weighted by atomic mass is 79.9. The lowest BCUT2D eigenvalue weighted by molar-refractivity contribution is 0.102. The van der Waals surface area contributed by atoms with E-state index < -0.39 is 0 Å².